The minimum absolute atomic E-state index is 0.0848. The van der Waals surface area contributed by atoms with E-state index in [0.717, 1.165) is 29.6 Å². The summed E-state index contributed by atoms with van der Waals surface area (Å²) >= 11 is 0. The molecule has 1 fully saturated rings. The second-order valence-corrected chi connectivity index (χ2v) is 5.79. The Labute approximate surface area is 119 Å². The molecule has 0 atom stereocenters. The van der Waals surface area contributed by atoms with Crippen molar-refractivity contribution in [1.29, 1.82) is 0 Å². The van der Waals surface area contributed by atoms with E-state index in [9.17, 15) is 4.79 Å². The molecule has 1 aliphatic heterocycles. The standard InChI is InChI=1S/C16H22N2O2/c19-16-11-20-15-8-7-13(9-14(15)18-16)17-10-12-5-3-1-2-4-6-12/h7-9,12,17H,1-6,10-11H2,(H,18,19). The van der Waals surface area contributed by atoms with Crippen molar-refractivity contribution < 1.29 is 9.53 Å². The molecule has 1 saturated carbocycles. The Morgan fingerprint density at radius 1 is 1.20 bits per heavy atom. The van der Waals surface area contributed by atoms with Gasteiger partial charge >= 0.3 is 0 Å². The molecule has 2 N–H and O–H groups in total. The van der Waals surface area contributed by atoms with Gasteiger partial charge in [0.05, 0.1) is 5.69 Å². The van der Waals surface area contributed by atoms with Crippen molar-refractivity contribution in [1.82, 2.24) is 0 Å². The molecule has 4 heteroatoms. The minimum Gasteiger partial charge on any atom is -0.482 e. The number of carbonyl (C=O) groups excluding carboxylic acids is 1. The molecule has 1 aromatic carbocycles. The van der Waals surface area contributed by atoms with Crippen molar-refractivity contribution in [2.45, 2.75) is 38.5 Å². The van der Waals surface area contributed by atoms with E-state index >= 15 is 0 Å². The first-order valence-corrected chi connectivity index (χ1v) is 7.62. The molecule has 3 rings (SSSR count). The average Bonchev–Trinajstić information content (AvgIpc) is 2.73. The molecular weight excluding hydrogens is 252 g/mol. The van der Waals surface area contributed by atoms with E-state index in [1.165, 1.54) is 38.5 Å². The number of amides is 1. The molecule has 1 aliphatic carbocycles. The molecule has 0 radical (unpaired) electrons. The molecule has 108 valence electrons. The largest absolute Gasteiger partial charge is 0.482 e. The van der Waals surface area contributed by atoms with Gasteiger partial charge in [-0.3, -0.25) is 4.79 Å². The molecule has 1 heterocycles. The predicted molar refractivity (Wildman–Crippen MR) is 80.2 cm³/mol. The molecule has 4 nitrogen and oxygen atoms in total. The third-order valence-corrected chi connectivity index (χ3v) is 4.18. The van der Waals surface area contributed by atoms with Gasteiger partial charge in [-0.25, -0.2) is 0 Å². The fourth-order valence-corrected chi connectivity index (χ4v) is 3.02. The van der Waals surface area contributed by atoms with E-state index in [0.29, 0.717) is 0 Å². The molecule has 0 spiro atoms. The maximum Gasteiger partial charge on any atom is 0.262 e. The van der Waals surface area contributed by atoms with Crippen molar-refractivity contribution in [3.8, 4) is 5.75 Å². The Morgan fingerprint density at radius 2 is 2.00 bits per heavy atom. The lowest BCUT2D eigenvalue weighted by molar-refractivity contribution is -0.118. The van der Waals surface area contributed by atoms with E-state index < -0.39 is 0 Å². The van der Waals surface area contributed by atoms with Crippen LogP contribution in [0.4, 0.5) is 11.4 Å². The number of hydrogen-bond acceptors (Lipinski definition) is 3. The van der Waals surface area contributed by atoms with E-state index in [-0.39, 0.29) is 12.5 Å². The monoisotopic (exact) mass is 274 g/mol. The van der Waals surface area contributed by atoms with Gasteiger partial charge in [-0.05, 0) is 37.0 Å². The van der Waals surface area contributed by atoms with Crippen LogP contribution in [0.15, 0.2) is 18.2 Å². The van der Waals surface area contributed by atoms with Crippen LogP contribution < -0.4 is 15.4 Å². The number of fused-ring (bicyclic) bond motifs is 1. The van der Waals surface area contributed by atoms with Crippen LogP contribution in [0, 0.1) is 5.92 Å². The molecule has 20 heavy (non-hydrogen) atoms. The minimum atomic E-state index is -0.0848. The van der Waals surface area contributed by atoms with Crippen LogP contribution in [-0.4, -0.2) is 19.1 Å². The van der Waals surface area contributed by atoms with Crippen molar-refractivity contribution in [3.63, 3.8) is 0 Å². The summed E-state index contributed by atoms with van der Waals surface area (Å²) in [7, 11) is 0. The van der Waals surface area contributed by atoms with Crippen molar-refractivity contribution in [2.24, 2.45) is 5.92 Å². The van der Waals surface area contributed by atoms with Gasteiger partial charge in [0.25, 0.3) is 5.91 Å². The van der Waals surface area contributed by atoms with E-state index in [2.05, 4.69) is 10.6 Å². The highest BCUT2D eigenvalue weighted by Gasteiger charge is 2.16. The molecule has 1 amide bonds. The maximum absolute atomic E-state index is 11.3. The summed E-state index contributed by atoms with van der Waals surface area (Å²) in [6, 6.07) is 5.90. The first-order chi connectivity index (χ1) is 9.81. The van der Waals surface area contributed by atoms with Gasteiger partial charge in [0.1, 0.15) is 5.75 Å². The molecule has 2 aliphatic rings. The van der Waals surface area contributed by atoms with Crippen LogP contribution in [0.3, 0.4) is 0 Å². The van der Waals surface area contributed by atoms with Gasteiger partial charge in [0, 0.05) is 12.2 Å². The zero-order valence-corrected chi connectivity index (χ0v) is 11.8. The Balaban J connectivity index is 1.60. The fraction of sp³-hybridized carbons (Fsp3) is 0.562. The van der Waals surface area contributed by atoms with Crippen LogP contribution in [0.2, 0.25) is 0 Å². The summed E-state index contributed by atoms with van der Waals surface area (Å²) in [5, 5.41) is 6.34. The number of nitrogens with one attached hydrogen (secondary N) is 2. The van der Waals surface area contributed by atoms with Gasteiger partial charge in [0.2, 0.25) is 0 Å². The number of hydrogen-bond donors (Lipinski definition) is 2. The average molecular weight is 274 g/mol. The molecular formula is C16H22N2O2. The lowest BCUT2D eigenvalue weighted by Gasteiger charge is -2.20. The number of anilines is 2. The van der Waals surface area contributed by atoms with E-state index in [1.54, 1.807) is 0 Å². The number of ether oxygens (including phenoxy) is 1. The Morgan fingerprint density at radius 3 is 2.80 bits per heavy atom. The highest BCUT2D eigenvalue weighted by molar-refractivity contribution is 5.95. The highest BCUT2D eigenvalue weighted by Crippen LogP contribution is 2.31. The van der Waals surface area contributed by atoms with Gasteiger partial charge < -0.3 is 15.4 Å². The van der Waals surface area contributed by atoms with Gasteiger partial charge in [0.15, 0.2) is 6.61 Å². The molecule has 0 saturated heterocycles. The van der Waals surface area contributed by atoms with Crippen LogP contribution >= 0.6 is 0 Å². The molecule has 0 bridgehead atoms. The quantitative estimate of drug-likeness (QED) is 0.831. The SMILES string of the molecule is O=C1COc2ccc(NCC3CCCCCC3)cc2N1. The smallest absolute Gasteiger partial charge is 0.262 e. The fourth-order valence-electron chi connectivity index (χ4n) is 3.02. The summed E-state index contributed by atoms with van der Waals surface area (Å²) in [5.41, 5.74) is 1.82. The van der Waals surface area contributed by atoms with Crippen molar-refractivity contribution in [2.75, 3.05) is 23.8 Å². The molecule has 1 aromatic rings. The number of rotatable bonds is 3. The predicted octanol–water partition coefficient (Wildman–Crippen LogP) is 3.40. The zero-order valence-electron chi connectivity index (χ0n) is 11.8. The first kappa shape index (κ1) is 13.3. The van der Waals surface area contributed by atoms with Gasteiger partial charge in [-0.15, -0.1) is 0 Å². The van der Waals surface area contributed by atoms with Crippen LogP contribution in [-0.2, 0) is 4.79 Å². The normalized spacial score (nSPS) is 19.5. The van der Waals surface area contributed by atoms with Crippen LogP contribution in [0.25, 0.3) is 0 Å². The topological polar surface area (TPSA) is 50.4 Å². The lowest BCUT2D eigenvalue weighted by atomic mass is 10.0. The summed E-state index contributed by atoms with van der Waals surface area (Å²) in [5.74, 6) is 1.45. The van der Waals surface area contributed by atoms with E-state index in [1.807, 2.05) is 18.2 Å². The van der Waals surface area contributed by atoms with Crippen LogP contribution in [0.1, 0.15) is 38.5 Å². The summed E-state index contributed by atoms with van der Waals surface area (Å²) in [6.45, 7) is 1.13. The molecule has 0 aromatic heterocycles. The number of benzene rings is 1. The zero-order chi connectivity index (χ0) is 13.8. The van der Waals surface area contributed by atoms with Crippen molar-refractivity contribution in [3.05, 3.63) is 18.2 Å². The second-order valence-electron chi connectivity index (χ2n) is 5.79. The van der Waals surface area contributed by atoms with Gasteiger partial charge in [-0.2, -0.15) is 0 Å². The summed E-state index contributed by atoms with van der Waals surface area (Å²) in [6.07, 6.45) is 8.16. The summed E-state index contributed by atoms with van der Waals surface area (Å²) < 4.78 is 5.36. The highest BCUT2D eigenvalue weighted by atomic mass is 16.5. The van der Waals surface area contributed by atoms with E-state index in [4.69, 9.17) is 4.74 Å². The lowest BCUT2D eigenvalue weighted by Crippen LogP contribution is -2.25. The Kier molecular flexibility index (Phi) is 4.09. The second kappa shape index (κ2) is 6.16. The Bertz CT molecular complexity index is 479. The third-order valence-electron chi connectivity index (χ3n) is 4.18. The van der Waals surface area contributed by atoms with Gasteiger partial charge in [-0.1, -0.05) is 25.7 Å². The summed E-state index contributed by atoms with van der Waals surface area (Å²) in [4.78, 5) is 11.3. The third kappa shape index (κ3) is 3.24. The number of carbonyl (C=O) groups is 1. The Hall–Kier alpha value is -1.71. The molecule has 0 unspecified atom stereocenters. The van der Waals surface area contributed by atoms with Crippen LogP contribution in [0.5, 0.6) is 5.75 Å². The first-order valence-electron chi connectivity index (χ1n) is 7.62. The maximum atomic E-state index is 11.3. The van der Waals surface area contributed by atoms with Crippen molar-refractivity contribution >= 4 is 17.3 Å².